The van der Waals surface area contributed by atoms with Crippen molar-refractivity contribution in [2.45, 2.75) is 27.7 Å². The van der Waals surface area contributed by atoms with E-state index in [2.05, 4.69) is 36.4 Å². The molecule has 0 unspecified atom stereocenters. The van der Waals surface area contributed by atoms with Crippen molar-refractivity contribution in [3.63, 3.8) is 0 Å². The van der Waals surface area contributed by atoms with Gasteiger partial charge in [-0.05, 0) is 0 Å². The molecule has 0 fully saturated rings. The van der Waals surface area contributed by atoms with Crippen molar-refractivity contribution in [1.29, 1.82) is 0 Å². The molecule has 0 aliphatic carbocycles. The molecule has 1 aliphatic rings. The second kappa shape index (κ2) is 10.0. The van der Waals surface area contributed by atoms with Crippen LogP contribution in [-0.2, 0) is 0 Å². The van der Waals surface area contributed by atoms with Gasteiger partial charge in [-0.2, -0.15) is 0 Å². The molecule has 6 rings (SSSR count). The maximum atomic E-state index is 6.85. The molecule has 0 N–H and O–H groups in total. The number of aliphatic imine (C=N–C) groups is 2. The Morgan fingerprint density at radius 2 is 0.949 bits per heavy atom. The summed E-state index contributed by atoms with van der Waals surface area (Å²) in [6.45, 7) is 8.04. The minimum atomic E-state index is -4.34. The molecule has 0 amide bonds. The zero-order valence-corrected chi connectivity index (χ0v) is 25.7. The van der Waals surface area contributed by atoms with Crippen molar-refractivity contribution >= 4 is 77.4 Å². The molecule has 0 atom stereocenters. The summed E-state index contributed by atoms with van der Waals surface area (Å²) in [5.41, 5.74) is 7.08. The van der Waals surface area contributed by atoms with Crippen LogP contribution in [0, 0.1) is 27.7 Å². The predicted octanol–water partition coefficient (Wildman–Crippen LogP) is 9.41. The Morgan fingerprint density at radius 3 is 1.36 bits per heavy atom. The Balaban J connectivity index is 1.74. The van der Waals surface area contributed by atoms with Crippen LogP contribution in [-0.4, -0.2) is 24.5 Å². The van der Waals surface area contributed by atoms with E-state index in [0.29, 0.717) is 11.5 Å². The van der Waals surface area contributed by atoms with E-state index < -0.39 is 12.1 Å². The van der Waals surface area contributed by atoms with E-state index in [9.17, 15) is 0 Å². The predicted molar refractivity (Wildman–Crippen MR) is 167 cm³/mol. The molecule has 0 spiro atoms. The molecular weight excluding hydrogens is 588 g/mol. The summed E-state index contributed by atoms with van der Waals surface area (Å²) < 4.78 is 12.7. The van der Waals surface area contributed by atoms with Gasteiger partial charge in [-0.25, -0.2) is 0 Å². The van der Waals surface area contributed by atoms with Crippen LogP contribution in [0.3, 0.4) is 0 Å². The molecular formula is C32H26Cl2GeN2O2. The molecule has 194 valence electrons. The van der Waals surface area contributed by atoms with Crippen molar-refractivity contribution in [3.8, 4) is 11.5 Å². The van der Waals surface area contributed by atoms with Gasteiger partial charge >= 0.3 is 240 Å². The fourth-order valence-electron chi connectivity index (χ4n) is 5.34. The number of fused-ring (bicyclic) bond motifs is 8. The van der Waals surface area contributed by atoms with Crippen LogP contribution in [0.2, 0.25) is 0 Å². The molecule has 0 radical (unpaired) electrons. The molecule has 1 heterocycles. The normalized spacial score (nSPS) is 14.3. The zero-order valence-electron chi connectivity index (χ0n) is 22.0. The van der Waals surface area contributed by atoms with Crippen LogP contribution >= 0.6 is 20.0 Å². The number of benzene rings is 5. The SMILES string of the molecule is Cc1cc(C)c2c(c1)C=Nc1c(c3ccccc3c3ccccc13)N=Cc1cc(C)cc(C)c1[O][Ge]([Cl])([Cl])[O]2. The van der Waals surface area contributed by atoms with E-state index in [4.69, 9.17) is 37.5 Å². The van der Waals surface area contributed by atoms with Crippen LogP contribution in [0.4, 0.5) is 11.4 Å². The van der Waals surface area contributed by atoms with Gasteiger partial charge in [0.05, 0.1) is 0 Å². The average molecular weight is 614 g/mol. The van der Waals surface area contributed by atoms with Crippen molar-refractivity contribution in [2.24, 2.45) is 9.98 Å². The number of hydrogen-bond acceptors (Lipinski definition) is 4. The molecule has 0 saturated carbocycles. The molecule has 1 aliphatic heterocycles. The van der Waals surface area contributed by atoms with Crippen LogP contribution in [0.25, 0.3) is 21.5 Å². The van der Waals surface area contributed by atoms with E-state index in [1.54, 1.807) is 0 Å². The van der Waals surface area contributed by atoms with Gasteiger partial charge in [-0.3, -0.25) is 0 Å². The Kier molecular flexibility index (Phi) is 6.66. The topological polar surface area (TPSA) is 43.2 Å². The molecule has 0 aromatic heterocycles. The fourth-order valence-corrected chi connectivity index (χ4v) is 9.20. The minimum absolute atomic E-state index is 0.576. The van der Waals surface area contributed by atoms with Crippen LogP contribution in [0.15, 0.2) is 82.8 Å². The summed E-state index contributed by atoms with van der Waals surface area (Å²) in [4.78, 5) is 10.1. The van der Waals surface area contributed by atoms with Crippen LogP contribution in [0.5, 0.6) is 11.5 Å². The number of rotatable bonds is 0. The molecule has 39 heavy (non-hydrogen) atoms. The van der Waals surface area contributed by atoms with Gasteiger partial charge in [0, 0.05) is 0 Å². The van der Waals surface area contributed by atoms with Crippen molar-refractivity contribution in [3.05, 3.63) is 106 Å². The van der Waals surface area contributed by atoms with E-state index in [-0.39, 0.29) is 0 Å². The summed E-state index contributed by atoms with van der Waals surface area (Å²) in [6, 6.07) is 24.7. The molecule has 0 saturated heterocycles. The van der Waals surface area contributed by atoms with Gasteiger partial charge in [0.15, 0.2) is 0 Å². The Morgan fingerprint density at radius 1 is 0.564 bits per heavy atom. The van der Waals surface area contributed by atoms with Gasteiger partial charge in [-0.1, -0.05) is 0 Å². The van der Waals surface area contributed by atoms with Crippen LogP contribution in [0.1, 0.15) is 33.4 Å². The summed E-state index contributed by atoms with van der Waals surface area (Å²) in [6.07, 6.45) is 3.63. The van der Waals surface area contributed by atoms with Crippen molar-refractivity contribution < 1.29 is 7.53 Å². The van der Waals surface area contributed by atoms with E-state index in [0.717, 1.165) is 66.3 Å². The summed E-state index contributed by atoms with van der Waals surface area (Å²) in [7, 11) is 13.7. The Bertz CT molecular complexity index is 1710. The first-order chi connectivity index (χ1) is 18.7. The number of aryl methyl sites for hydroxylation is 4. The maximum absolute atomic E-state index is 6.85. The quantitative estimate of drug-likeness (QED) is 0.129. The third-order valence-electron chi connectivity index (χ3n) is 6.88. The Labute approximate surface area is 239 Å². The summed E-state index contributed by atoms with van der Waals surface area (Å²) in [5.74, 6) is 1.15. The standard InChI is InChI=1S/C32H26Cl2GeN2O2/c1-19-13-21(3)31-23(15-19)17-36-29-27-11-7-5-9-25(27)26-10-6-8-12-28(26)30(29)37-18-24-16-20(2)14-22(4)32(24)39-35(33,34)38-31/h5-18H,1-4H3. The molecule has 5 aromatic carbocycles. The fraction of sp³-hybridized carbons (Fsp3) is 0.125. The first-order valence-corrected chi connectivity index (χ1v) is 19.9. The molecule has 5 aromatic rings. The van der Waals surface area contributed by atoms with Gasteiger partial charge in [0.1, 0.15) is 0 Å². The number of halogens is 2. The van der Waals surface area contributed by atoms with Crippen molar-refractivity contribution in [1.82, 2.24) is 0 Å². The van der Waals surface area contributed by atoms with Crippen LogP contribution < -0.4 is 7.53 Å². The third-order valence-corrected chi connectivity index (χ3v) is 10.3. The third kappa shape index (κ3) is 4.93. The first-order valence-electron chi connectivity index (χ1n) is 12.7. The second-order valence-electron chi connectivity index (χ2n) is 9.97. The van der Waals surface area contributed by atoms with Gasteiger partial charge in [0.2, 0.25) is 0 Å². The number of nitrogens with zero attached hydrogens (tertiary/aromatic N) is 2. The zero-order chi connectivity index (χ0) is 27.3. The van der Waals surface area contributed by atoms with Gasteiger partial charge in [-0.15, -0.1) is 0 Å². The number of hydrogen-bond donors (Lipinski definition) is 0. The molecule has 4 nitrogen and oxygen atoms in total. The van der Waals surface area contributed by atoms with Crippen molar-refractivity contribution in [2.75, 3.05) is 0 Å². The van der Waals surface area contributed by atoms with Gasteiger partial charge in [0.25, 0.3) is 0 Å². The molecule has 7 heteroatoms. The van der Waals surface area contributed by atoms with E-state index in [1.807, 2.05) is 76.5 Å². The van der Waals surface area contributed by atoms with E-state index >= 15 is 0 Å². The Hall–Kier alpha value is -3.32. The first kappa shape index (κ1) is 25.9. The van der Waals surface area contributed by atoms with Gasteiger partial charge < -0.3 is 0 Å². The summed E-state index contributed by atoms with van der Waals surface area (Å²) >= 11 is -4.34. The van der Waals surface area contributed by atoms with E-state index in [1.165, 1.54) is 0 Å². The monoisotopic (exact) mass is 614 g/mol. The average Bonchev–Trinajstić information content (AvgIpc) is 2.90. The molecule has 0 bridgehead atoms. The second-order valence-corrected chi connectivity index (χ2v) is 18.9. The summed E-state index contributed by atoms with van der Waals surface area (Å²) in [5, 5.41) is 4.26.